The van der Waals surface area contributed by atoms with Gasteiger partial charge in [-0.3, -0.25) is 4.79 Å². The van der Waals surface area contributed by atoms with E-state index in [4.69, 9.17) is 0 Å². The predicted molar refractivity (Wildman–Crippen MR) is 84.4 cm³/mol. The van der Waals surface area contributed by atoms with Crippen molar-refractivity contribution in [2.45, 2.75) is 49.1 Å². The molecule has 20 heavy (non-hydrogen) atoms. The lowest BCUT2D eigenvalue weighted by atomic mass is 10.2. The number of anilines is 1. The number of amides is 1. The molecule has 1 aliphatic heterocycles. The fourth-order valence-electron chi connectivity index (χ4n) is 2.23. The zero-order valence-electron chi connectivity index (χ0n) is 12.1. The third-order valence-corrected chi connectivity index (χ3v) is 5.33. The van der Waals surface area contributed by atoms with E-state index in [2.05, 4.69) is 15.5 Å². The Hall–Kier alpha value is -0.820. The highest BCUT2D eigenvalue weighted by molar-refractivity contribution is 8.02. The van der Waals surface area contributed by atoms with Crippen molar-refractivity contribution in [3.63, 3.8) is 0 Å². The van der Waals surface area contributed by atoms with Crippen molar-refractivity contribution >= 4 is 34.1 Å². The predicted octanol–water partition coefficient (Wildman–Crippen LogP) is 2.85. The van der Waals surface area contributed by atoms with E-state index in [9.17, 15) is 4.79 Å². The van der Waals surface area contributed by atoms with Gasteiger partial charge in [-0.05, 0) is 26.7 Å². The molecule has 1 aromatic heterocycles. The third-order valence-electron chi connectivity index (χ3n) is 3.28. The van der Waals surface area contributed by atoms with E-state index >= 15 is 0 Å². The van der Waals surface area contributed by atoms with Crippen LogP contribution in [0.4, 0.5) is 5.13 Å². The van der Waals surface area contributed by atoms with Gasteiger partial charge in [-0.1, -0.05) is 35.9 Å². The van der Waals surface area contributed by atoms with E-state index in [0.29, 0.717) is 0 Å². The van der Waals surface area contributed by atoms with Crippen LogP contribution in [0.15, 0.2) is 4.34 Å². The maximum atomic E-state index is 12.4. The van der Waals surface area contributed by atoms with Crippen LogP contribution < -0.4 is 5.32 Å². The molecule has 7 heteroatoms. The van der Waals surface area contributed by atoms with Crippen LogP contribution in [-0.4, -0.2) is 45.9 Å². The summed E-state index contributed by atoms with van der Waals surface area (Å²) in [5, 5.41) is 12.1. The van der Waals surface area contributed by atoms with Crippen molar-refractivity contribution in [1.29, 1.82) is 0 Å². The van der Waals surface area contributed by atoms with Gasteiger partial charge in [-0.15, -0.1) is 10.2 Å². The van der Waals surface area contributed by atoms with Gasteiger partial charge in [0.15, 0.2) is 4.34 Å². The van der Waals surface area contributed by atoms with Gasteiger partial charge >= 0.3 is 0 Å². The molecule has 5 nitrogen and oxygen atoms in total. The summed E-state index contributed by atoms with van der Waals surface area (Å²) in [6, 6.07) is 0. The Labute approximate surface area is 128 Å². The summed E-state index contributed by atoms with van der Waals surface area (Å²) in [7, 11) is 0. The Morgan fingerprint density at radius 2 is 2.05 bits per heavy atom. The van der Waals surface area contributed by atoms with Gasteiger partial charge in [0.1, 0.15) is 0 Å². The number of nitrogens with one attached hydrogen (secondary N) is 1. The highest BCUT2D eigenvalue weighted by Crippen LogP contribution is 2.29. The summed E-state index contributed by atoms with van der Waals surface area (Å²) in [5.74, 6) is 0.233. The van der Waals surface area contributed by atoms with Gasteiger partial charge in [0, 0.05) is 19.6 Å². The molecule has 0 aliphatic carbocycles. The van der Waals surface area contributed by atoms with E-state index in [0.717, 1.165) is 41.9 Å². The molecule has 0 unspecified atom stereocenters. The standard InChI is InChI=1S/C13H22N4OS2/c1-3-14-12-15-16-13(20-12)19-10(2)11(18)17-8-6-4-5-7-9-17/h10H,3-9H2,1-2H3,(H,14,15)/t10-/m0/s1. The smallest absolute Gasteiger partial charge is 0.235 e. The van der Waals surface area contributed by atoms with Crippen molar-refractivity contribution < 1.29 is 4.79 Å². The summed E-state index contributed by atoms with van der Waals surface area (Å²) in [4.78, 5) is 14.4. The zero-order valence-corrected chi connectivity index (χ0v) is 13.7. The van der Waals surface area contributed by atoms with Crippen molar-refractivity contribution in [2.75, 3.05) is 25.0 Å². The SMILES string of the molecule is CCNc1nnc(S[C@@H](C)C(=O)N2CCCCCC2)s1. The molecule has 1 aromatic rings. The average Bonchev–Trinajstić information content (AvgIpc) is 2.72. The zero-order chi connectivity index (χ0) is 14.4. The van der Waals surface area contributed by atoms with Crippen molar-refractivity contribution in [1.82, 2.24) is 15.1 Å². The van der Waals surface area contributed by atoms with E-state index in [1.165, 1.54) is 35.9 Å². The molecule has 0 spiro atoms. The second-order valence-electron chi connectivity index (χ2n) is 4.90. The summed E-state index contributed by atoms with van der Waals surface area (Å²) in [6.45, 7) is 6.64. The van der Waals surface area contributed by atoms with Crippen molar-refractivity contribution in [3.8, 4) is 0 Å². The van der Waals surface area contributed by atoms with Gasteiger partial charge in [0.2, 0.25) is 11.0 Å². The number of hydrogen-bond donors (Lipinski definition) is 1. The van der Waals surface area contributed by atoms with Crippen LogP contribution in [0.1, 0.15) is 39.5 Å². The molecule has 1 atom stereocenters. The first-order chi connectivity index (χ1) is 9.70. The fraction of sp³-hybridized carbons (Fsp3) is 0.769. The lowest BCUT2D eigenvalue weighted by Gasteiger charge is -2.23. The highest BCUT2D eigenvalue weighted by Gasteiger charge is 2.23. The average molecular weight is 314 g/mol. The van der Waals surface area contributed by atoms with E-state index < -0.39 is 0 Å². The number of hydrogen-bond acceptors (Lipinski definition) is 6. The first kappa shape index (κ1) is 15.6. The summed E-state index contributed by atoms with van der Waals surface area (Å²) < 4.78 is 0.858. The Balaban J connectivity index is 1.88. The number of nitrogens with zero attached hydrogens (tertiary/aromatic N) is 3. The Kier molecular flexibility index (Phi) is 6.09. The van der Waals surface area contributed by atoms with Crippen LogP contribution in [0.5, 0.6) is 0 Å². The number of likely N-dealkylation sites (tertiary alicyclic amines) is 1. The molecule has 0 bridgehead atoms. The molecule has 0 aromatic carbocycles. The Morgan fingerprint density at radius 1 is 1.35 bits per heavy atom. The third kappa shape index (κ3) is 4.34. The van der Waals surface area contributed by atoms with Crippen molar-refractivity contribution in [2.24, 2.45) is 0 Å². The topological polar surface area (TPSA) is 58.1 Å². The first-order valence-electron chi connectivity index (χ1n) is 7.23. The molecule has 1 aliphatic rings. The lowest BCUT2D eigenvalue weighted by molar-refractivity contribution is -0.130. The number of carbonyl (C=O) groups excluding carboxylic acids is 1. The van der Waals surface area contributed by atoms with Crippen LogP contribution in [0.25, 0.3) is 0 Å². The summed E-state index contributed by atoms with van der Waals surface area (Å²) in [5.41, 5.74) is 0. The molecule has 2 rings (SSSR count). The minimum Gasteiger partial charge on any atom is -0.360 e. The number of carbonyl (C=O) groups is 1. The highest BCUT2D eigenvalue weighted by atomic mass is 32.2. The number of thioether (sulfide) groups is 1. The maximum Gasteiger partial charge on any atom is 0.235 e. The molecule has 0 saturated carbocycles. The first-order valence-corrected chi connectivity index (χ1v) is 8.93. The van der Waals surface area contributed by atoms with Crippen LogP contribution in [0, 0.1) is 0 Å². The van der Waals surface area contributed by atoms with Gasteiger partial charge in [0.05, 0.1) is 5.25 Å². The molecule has 1 saturated heterocycles. The second-order valence-corrected chi connectivity index (χ2v) is 7.47. The Bertz CT molecular complexity index is 430. The minimum atomic E-state index is -0.0875. The quantitative estimate of drug-likeness (QED) is 0.847. The van der Waals surface area contributed by atoms with Gasteiger partial charge < -0.3 is 10.2 Å². The van der Waals surface area contributed by atoms with Gasteiger partial charge in [-0.2, -0.15) is 0 Å². The normalized spacial score (nSPS) is 17.6. The molecular formula is C13H22N4OS2. The van der Waals surface area contributed by atoms with E-state index in [-0.39, 0.29) is 11.2 Å². The number of aromatic nitrogens is 2. The van der Waals surface area contributed by atoms with E-state index in [1.807, 2.05) is 18.7 Å². The number of rotatable bonds is 5. The Morgan fingerprint density at radius 3 is 2.70 bits per heavy atom. The fourth-order valence-corrected chi connectivity index (χ4v) is 4.28. The molecule has 2 heterocycles. The van der Waals surface area contributed by atoms with E-state index in [1.54, 1.807) is 0 Å². The monoisotopic (exact) mass is 314 g/mol. The lowest BCUT2D eigenvalue weighted by Crippen LogP contribution is -2.37. The molecule has 1 amide bonds. The maximum absolute atomic E-state index is 12.4. The van der Waals surface area contributed by atoms with Crippen LogP contribution in [0.2, 0.25) is 0 Å². The molecule has 112 valence electrons. The summed E-state index contributed by atoms with van der Waals surface area (Å²) in [6.07, 6.45) is 4.75. The van der Waals surface area contributed by atoms with Gasteiger partial charge in [-0.25, -0.2) is 0 Å². The van der Waals surface area contributed by atoms with Gasteiger partial charge in [0.25, 0.3) is 0 Å². The molecule has 1 N–H and O–H groups in total. The van der Waals surface area contributed by atoms with Crippen molar-refractivity contribution in [3.05, 3.63) is 0 Å². The van der Waals surface area contributed by atoms with Crippen LogP contribution in [-0.2, 0) is 4.79 Å². The summed E-state index contributed by atoms with van der Waals surface area (Å²) >= 11 is 3.03. The largest absolute Gasteiger partial charge is 0.360 e. The molecule has 1 fully saturated rings. The minimum absolute atomic E-state index is 0.0875. The van der Waals surface area contributed by atoms with Crippen LogP contribution >= 0.6 is 23.1 Å². The molecular weight excluding hydrogens is 292 g/mol. The van der Waals surface area contributed by atoms with Crippen LogP contribution in [0.3, 0.4) is 0 Å². The molecule has 0 radical (unpaired) electrons. The second kappa shape index (κ2) is 7.83.